The summed E-state index contributed by atoms with van der Waals surface area (Å²) in [5.74, 6) is -1.07. The van der Waals surface area contributed by atoms with E-state index in [1.54, 1.807) is 18.2 Å². The summed E-state index contributed by atoms with van der Waals surface area (Å²) in [7, 11) is 0. The van der Waals surface area contributed by atoms with Crippen molar-refractivity contribution >= 4 is 5.97 Å². The fourth-order valence-electron chi connectivity index (χ4n) is 1.68. The molecule has 1 atom stereocenters. The van der Waals surface area contributed by atoms with Crippen LogP contribution >= 0.6 is 0 Å². The molecule has 0 heterocycles. The molecule has 0 aromatic heterocycles. The molecule has 0 saturated heterocycles. The number of carbonyl (C=O) groups is 1. The first kappa shape index (κ1) is 12.6. The maximum Gasteiger partial charge on any atom is 0.307 e. The summed E-state index contributed by atoms with van der Waals surface area (Å²) in [6, 6.07) is 6.76. The molecule has 1 rings (SSSR count). The van der Waals surface area contributed by atoms with Crippen LogP contribution in [0.25, 0.3) is 0 Å². The molecule has 0 bridgehead atoms. The summed E-state index contributed by atoms with van der Waals surface area (Å²) in [5.41, 5.74) is 0.555. The van der Waals surface area contributed by atoms with E-state index < -0.39 is 11.9 Å². The monoisotopic (exact) mass is 222 g/mol. The van der Waals surface area contributed by atoms with Crippen LogP contribution in [-0.2, 0) is 11.2 Å². The standard InChI is InChI=1S/C13H18O3/c1-13(2,3)11(12(15)16)8-9-5-4-6-10(14)7-9/h4-7,11,14H,8H2,1-3H3,(H,15,16). The lowest BCUT2D eigenvalue weighted by Crippen LogP contribution is -2.30. The third-order valence-corrected chi connectivity index (χ3v) is 2.69. The first-order valence-corrected chi connectivity index (χ1v) is 5.31. The number of benzene rings is 1. The molecule has 16 heavy (non-hydrogen) atoms. The summed E-state index contributed by atoms with van der Waals surface area (Å²) >= 11 is 0. The number of phenols is 1. The van der Waals surface area contributed by atoms with Gasteiger partial charge in [-0.3, -0.25) is 4.79 Å². The highest BCUT2D eigenvalue weighted by molar-refractivity contribution is 5.71. The summed E-state index contributed by atoms with van der Waals surface area (Å²) in [6.07, 6.45) is 0.438. The molecule has 0 aliphatic heterocycles. The lowest BCUT2D eigenvalue weighted by molar-refractivity contribution is -0.145. The summed E-state index contributed by atoms with van der Waals surface area (Å²) in [5, 5.41) is 18.5. The number of phenolic OH excluding ortho intramolecular Hbond substituents is 1. The van der Waals surface area contributed by atoms with Gasteiger partial charge in [0.15, 0.2) is 0 Å². The number of carboxylic acids is 1. The zero-order valence-corrected chi connectivity index (χ0v) is 9.90. The first-order chi connectivity index (χ1) is 7.30. The molecule has 1 aromatic rings. The molecular weight excluding hydrogens is 204 g/mol. The number of carboxylic acid groups (broad SMARTS) is 1. The number of hydrogen-bond acceptors (Lipinski definition) is 2. The van der Waals surface area contributed by atoms with Crippen molar-refractivity contribution in [2.75, 3.05) is 0 Å². The summed E-state index contributed by atoms with van der Waals surface area (Å²) < 4.78 is 0. The van der Waals surface area contributed by atoms with Crippen molar-refractivity contribution in [1.29, 1.82) is 0 Å². The van der Waals surface area contributed by atoms with E-state index in [4.69, 9.17) is 0 Å². The second kappa shape index (κ2) is 4.56. The Labute approximate surface area is 95.7 Å². The zero-order chi connectivity index (χ0) is 12.3. The highest BCUT2D eigenvalue weighted by Crippen LogP contribution is 2.29. The van der Waals surface area contributed by atoms with Crippen molar-refractivity contribution in [1.82, 2.24) is 0 Å². The smallest absolute Gasteiger partial charge is 0.307 e. The van der Waals surface area contributed by atoms with E-state index in [-0.39, 0.29) is 11.2 Å². The van der Waals surface area contributed by atoms with Crippen LogP contribution in [-0.4, -0.2) is 16.2 Å². The quantitative estimate of drug-likeness (QED) is 0.826. The van der Waals surface area contributed by atoms with Gasteiger partial charge in [-0.1, -0.05) is 32.9 Å². The Hall–Kier alpha value is -1.51. The van der Waals surface area contributed by atoms with Crippen molar-refractivity contribution in [3.05, 3.63) is 29.8 Å². The molecule has 2 N–H and O–H groups in total. The lowest BCUT2D eigenvalue weighted by atomic mass is 9.77. The predicted octanol–water partition coefficient (Wildman–Crippen LogP) is 2.68. The molecule has 0 spiro atoms. The number of rotatable bonds is 3. The Morgan fingerprint density at radius 1 is 1.38 bits per heavy atom. The van der Waals surface area contributed by atoms with Crippen molar-refractivity contribution < 1.29 is 15.0 Å². The lowest BCUT2D eigenvalue weighted by Gasteiger charge is -2.27. The van der Waals surface area contributed by atoms with E-state index in [1.165, 1.54) is 0 Å². The van der Waals surface area contributed by atoms with Crippen molar-refractivity contribution in [2.24, 2.45) is 11.3 Å². The minimum absolute atomic E-state index is 0.176. The van der Waals surface area contributed by atoms with E-state index in [9.17, 15) is 15.0 Å². The molecular formula is C13H18O3. The average molecular weight is 222 g/mol. The zero-order valence-electron chi connectivity index (χ0n) is 9.90. The van der Waals surface area contributed by atoms with Crippen LogP contribution in [0, 0.1) is 11.3 Å². The van der Waals surface area contributed by atoms with E-state index in [1.807, 2.05) is 26.8 Å². The Morgan fingerprint density at radius 3 is 2.44 bits per heavy atom. The highest BCUT2D eigenvalue weighted by atomic mass is 16.4. The fraction of sp³-hybridized carbons (Fsp3) is 0.462. The Kier molecular flexibility index (Phi) is 3.58. The molecule has 88 valence electrons. The van der Waals surface area contributed by atoms with Crippen LogP contribution in [0.15, 0.2) is 24.3 Å². The number of aromatic hydroxyl groups is 1. The van der Waals surface area contributed by atoms with Gasteiger partial charge in [0.25, 0.3) is 0 Å². The van der Waals surface area contributed by atoms with Crippen LogP contribution in [0.3, 0.4) is 0 Å². The molecule has 1 aromatic carbocycles. The van der Waals surface area contributed by atoms with Crippen molar-refractivity contribution in [2.45, 2.75) is 27.2 Å². The van der Waals surface area contributed by atoms with Crippen LogP contribution < -0.4 is 0 Å². The molecule has 3 nitrogen and oxygen atoms in total. The van der Waals surface area contributed by atoms with E-state index >= 15 is 0 Å². The van der Waals surface area contributed by atoms with Gasteiger partial charge in [0.2, 0.25) is 0 Å². The minimum Gasteiger partial charge on any atom is -0.508 e. The largest absolute Gasteiger partial charge is 0.508 e. The van der Waals surface area contributed by atoms with Gasteiger partial charge in [-0.25, -0.2) is 0 Å². The second-order valence-corrected chi connectivity index (χ2v) is 5.13. The van der Waals surface area contributed by atoms with Gasteiger partial charge in [0, 0.05) is 0 Å². The Balaban J connectivity index is 2.89. The third-order valence-electron chi connectivity index (χ3n) is 2.69. The molecule has 0 aliphatic rings. The minimum atomic E-state index is -0.796. The molecule has 0 amide bonds. The van der Waals surface area contributed by atoms with Crippen molar-refractivity contribution in [3.8, 4) is 5.75 Å². The maximum atomic E-state index is 11.2. The molecule has 0 saturated carbocycles. The van der Waals surface area contributed by atoms with Crippen molar-refractivity contribution in [3.63, 3.8) is 0 Å². The summed E-state index contributed by atoms with van der Waals surface area (Å²) in [6.45, 7) is 5.73. The highest BCUT2D eigenvalue weighted by Gasteiger charge is 2.31. The topological polar surface area (TPSA) is 57.5 Å². The molecule has 0 fully saturated rings. The summed E-state index contributed by atoms with van der Waals surface area (Å²) in [4.78, 5) is 11.2. The van der Waals surface area contributed by atoms with Gasteiger partial charge in [-0.2, -0.15) is 0 Å². The van der Waals surface area contributed by atoms with Gasteiger partial charge < -0.3 is 10.2 Å². The van der Waals surface area contributed by atoms with Crippen LogP contribution in [0.5, 0.6) is 5.75 Å². The third kappa shape index (κ3) is 3.26. The van der Waals surface area contributed by atoms with Crippen LogP contribution in [0.2, 0.25) is 0 Å². The predicted molar refractivity (Wildman–Crippen MR) is 62.4 cm³/mol. The number of hydrogen-bond donors (Lipinski definition) is 2. The molecule has 1 unspecified atom stereocenters. The SMILES string of the molecule is CC(C)(C)C(Cc1cccc(O)c1)C(=O)O. The molecule has 0 aliphatic carbocycles. The van der Waals surface area contributed by atoms with Gasteiger partial charge in [-0.15, -0.1) is 0 Å². The first-order valence-electron chi connectivity index (χ1n) is 5.31. The molecule has 3 heteroatoms. The van der Waals surface area contributed by atoms with E-state index in [0.29, 0.717) is 6.42 Å². The van der Waals surface area contributed by atoms with Crippen LogP contribution in [0.1, 0.15) is 26.3 Å². The van der Waals surface area contributed by atoms with Gasteiger partial charge in [-0.05, 0) is 29.5 Å². The Morgan fingerprint density at radius 2 is 2.00 bits per heavy atom. The van der Waals surface area contributed by atoms with E-state index in [0.717, 1.165) is 5.56 Å². The fourth-order valence-corrected chi connectivity index (χ4v) is 1.68. The maximum absolute atomic E-state index is 11.2. The van der Waals surface area contributed by atoms with Crippen LogP contribution in [0.4, 0.5) is 0 Å². The average Bonchev–Trinajstić information content (AvgIpc) is 2.12. The normalized spacial score (nSPS) is 13.4. The van der Waals surface area contributed by atoms with Gasteiger partial charge in [0.05, 0.1) is 5.92 Å². The Bertz CT molecular complexity index is 377. The number of aliphatic carboxylic acids is 1. The van der Waals surface area contributed by atoms with Gasteiger partial charge >= 0.3 is 5.97 Å². The van der Waals surface area contributed by atoms with E-state index in [2.05, 4.69) is 0 Å². The van der Waals surface area contributed by atoms with Gasteiger partial charge in [0.1, 0.15) is 5.75 Å². The second-order valence-electron chi connectivity index (χ2n) is 5.13. The molecule has 0 radical (unpaired) electrons.